The molecule has 150 valence electrons. The fraction of sp³-hybridized carbons (Fsp3) is 0.350. The number of fused-ring (bicyclic) bond motifs is 3. The average Bonchev–Trinajstić information content (AvgIpc) is 3.17. The molecule has 0 bridgehead atoms. The van der Waals surface area contributed by atoms with Gasteiger partial charge in [0.2, 0.25) is 0 Å². The van der Waals surface area contributed by atoms with Crippen molar-refractivity contribution in [2.45, 2.75) is 32.7 Å². The molecule has 0 saturated heterocycles. The van der Waals surface area contributed by atoms with Crippen LogP contribution in [0.1, 0.15) is 32.2 Å². The lowest BCUT2D eigenvalue weighted by Gasteiger charge is -2.17. The molecule has 0 radical (unpaired) electrons. The summed E-state index contributed by atoms with van der Waals surface area (Å²) in [7, 11) is 3.11. The van der Waals surface area contributed by atoms with E-state index >= 15 is 0 Å². The van der Waals surface area contributed by atoms with Crippen LogP contribution in [0.2, 0.25) is 0 Å². The molecule has 4 rings (SSSR count). The Balaban J connectivity index is 2.02. The van der Waals surface area contributed by atoms with E-state index in [9.17, 15) is 4.79 Å². The number of hydrogen-bond donors (Lipinski definition) is 0. The molecular formula is C20H22N6O3. The van der Waals surface area contributed by atoms with E-state index < -0.39 is 0 Å². The van der Waals surface area contributed by atoms with Crippen molar-refractivity contribution in [2.75, 3.05) is 14.2 Å². The van der Waals surface area contributed by atoms with E-state index in [0.717, 1.165) is 11.3 Å². The summed E-state index contributed by atoms with van der Waals surface area (Å²) in [4.78, 5) is 22.1. The average molecular weight is 394 g/mol. The molecule has 9 heteroatoms. The van der Waals surface area contributed by atoms with Gasteiger partial charge in [0, 0.05) is 5.41 Å². The number of ether oxygens (including phenoxy) is 2. The zero-order valence-electron chi connectivity index (χ0n) is 17.0. The largest absolute Gasteiger partial charge is 0.497 e. The Morgan fingerprint density at radius 3 is 2.38 bits per heavy atom. The molecule has 0 N–H and O–H groups in total. The van der Waals surface area contributed by atoms with Crippen LogP contribution >= 0.6 is 0 Å². The van der Waals surface area contributed by atoms with E-state index in [4.69, 9.17) is 9.47 Å². The maximum atomic E-state index is 13.5. The summed E-state index contributed by atoms with van der Waals surface area (Å²) < 4.78 is 13.5. The highest BCUT2D eigenvalue weighted by molar-refractivity contribution is 5.87. The minimum absolute atomic E-state index is 0.203. The van der Waals surface area contributed by atoms with Gasteiger partial charge in [0.05, 0.1) is 32.5 Å². The summed E-state index contributed by atoms with van der Waals surface area (Å²) in [6.07, 6.45) is 1.58. The summed E-state index contributed by atoms with van der Waals surface area (Å²) in [5.74, 6) is 1.32. The number of aromatic nitrogens is 6. The maximum absolute atomic E-state index is 13.5. The van der Waals surface area contributed by atoms with Crippen LogP contribution in [0, 0.1) is 0 Å². The molecule has 0 unspecified atom stereocenters. The van der Waals surface area contributed by atoms with E-state index in [-0.39, 0.29) is 17.1 Å². The molecule has 4 aromatic rings. The minimum Gasteiger partial charge on any atom is -0.497 e. The molecule has 0 aliphatic carbocycles. The van der Waals surface area contributed by atoms with Crippen molar-refractivity contribution in [2.24, 2.45) is 0 Å². The van der Waals surface area contributed by atoms with Gasteiger partial charge in [-0.1, -0.05) is 32.9 Å². The number of benzene rings is 1. The van der Waals surface area contributed by atoms with E-state index in [1.165, 1.54) is 11.5 Å². The van der Waals surface area contributed by atoms with Gasteiger partial charge in [0.15, 0.2) is 5.65 Å². The van der Waals surface area contributed by atoms with E-state index in [1.807, 2.05) is 45.0 Å². The van der Waals surface area contributed by atoms with Crippen molar-refractivity contribution in [3.05, 3.63) is 52.3 Å². The number of rotatable bonds is 4. The van der Waals surface area contributed by atoms with Gasteiger partial charge in [-0.05, 0) is 17.7 Å². The van der Waals surface area contributed by atoms with E-state index in [1.54, 1.807) is 17.9 Å². The van der Waals surface area contributed by atoms with E-state index in [0.29, 0.717) is 29.0 Å². The Kier molecular flexibility index (Phi) is 4.45. The monoisotopic (exact) mass is 394 g/mol. The van der Waals surface area contributed by atoms with Gasteiger partial charge >= 0.3 is 11.7 Å². The highest BCUT2D eigenvalue weighted by Crippen LogP contribution is 2.24. The maximum Gasteiger partial charge on any atom is 0.336 e. The first-order valence-electron chi connectivity index (χ1n) is 9.15. The van der Waals surface area contributed by atoms with Gasteiger partial charge in [-0.15, -0.1) is 10.2 Å². The molecule has 0 atom stereocenters. The van der Waals surface area contributed by atoms with Gasteiger partial charge in [-0.2, -0.15) is 4.98 Å². The Bertz CT molecular complexity index is 1250. The summed E-state index contributed by atoms with van der Waals surface area (Å²) in [5, 5.41) is 8.54. The van der Waals surface area contributed by atoms with Crippen molar-refractivity contribution >= 4 is 16.7 Å². The highest BCUT2D eigenvalue weighted by Gasteiger charge is 2.26. The number of nitrogens with zero attached hydrogens (tertiary/aromatic N) is 6. The summed E-state index contributed by atoms with van der Waals surface area (Å²) in [5.41, 5.74) is 1.78. The van der Waals surface area contributed by atoms with Crippen LogP contribution in [0.5, 0.6) is 11.8 Å². The molecular weight excluding hydrogens is 372 g/mol. The van der Waals surface area contributed by atoms with Crippen molar-refractivity contribution in [3.8, 4) is 11.8 Å². The lowest BCUT2D eigenvalue weighted by atomic mass is 9.96. The first-order chi connectivity index (χ1) is 13.8. The Morgan fingerprint density at radius 2 is 1.76 bits per heavy atom. The molecule has 0 aliphatic heterocycles. The normalized spacial score (nSPS) is 11.9. The molecule has 0 amide bonds. The SMILES string of the molecule is COc1ccc(Cn2c(=O)n3c(C(C)(C)C)nnc3c3nc(OC)ncc32)cc1. The zero-order valence-corrected chi connectivity index (χ0v) is 17.0. The molecule has 9 nitrogen and oxygen atoms in total. The molecule has 0 fully saturated rings. The topological polar surface area (TPSA) is 96.4 Å². The third-order valence-corrected chi connectivity index (χ3v) is 4.69. The van der Waals surface area contributed by atoms with Gasteiger partial charge < -0.3 is 9.47 Å². The van der Waals surface area contributed by atoms with Crippen LogP contribution in [0.25, 0.3) is 16.7 Å². The number of methoxy groups -OCH3 is 2. The van der Waals surface area contributed by atoms with Gasteiger partial charge in [-0.25, -0.2) is 14.2 Å². The van der Waals surface area contributed by atoms with Crippen molar-refractivity contribution in [1.82, 2.24) is 29.1 Å². The molecule has 0 spiro atoms. The molecule has 0 saturated carbocycles. The minimum atomic E-state index is -0.374. The second kappa shape index (κ2) is 6.84. The van der Waals surface area contributed by atoms with Gasteiger partial charge in [0.25, 0.3) is 0 Å². The summed E-state index contributed by atoms with van der Waals surface area (Å²) in [6, 6.07) is 7.76. The molecule has 29 heavy (non-hydrogen) atoms. The van der Waals surface area contributed by atoms with Gasteiger partial charge in [0.1, 0.15) is 17.1 Å². The smallest absolute Gasteiger partial charge is 0.336 e. The first kappa shape index (κ1) is 18.9. The summed E-state index contributed by atoms with van der Waals surface area (Å²) in [6.45, 7) is 6.30. The molecule has 1 aromatic carbocycles. The standard InChI is InChI=1S/C20H22N6O3/c1-20(2,3)17-24-23-16-15-14(10-21-18(22-15)29-5)25(19(27)26(16)17)11-12-6-8-13(28-4)9-7-12/h6-10H,11H2,1-5H3. The quantitative estimate of drug-likeness (QED) is 0.523. The Morgan fingerprint density at radius 1 is 1.03 bits per heavy atom. The molecule has 3 heterocycles. The zero-order chi connectivity index (χ0) is 20.8. The summed E-state index contributed by atoms with van der Waals surface area (Å²) >= 11 is 0. The number of hydrogen-bond acceptors (Lipinski definition) is 7. The van der Waals surface area contributed by atoms with Crippen LogP contribution in [-0.2, 0) is 12.0 Å². The van der Waals surface area contributed by atoms with Crippen LogP contribution in [0.15, 0.2) is 35.3 Å². The third-order valence-electron chi connectivity index (χ3n) is 4.69. The molecule has 3 aromatic heterocycles. The highest BCUT2D eigenvalue weighted by atomic mass is 16.5. The predicted octanol–water partition coefficient (Wildman–Crippen LogP) is 2.20. The van der Waals surface area contributed by atoms with Crippen molar-refractivity contribution < 1.29 is 9.47 Å². The fourth-order valence-electron chi connectivity index (χ4n) is 3.21. The van der Waals surface area contributed by atoms with Crippen LogP contribution in [0.4, 0.5) is 0 Å². The van der Waals surface area contributed by atoms with Crippen LogP contribution in [0.3, 0.4) is 0 Å². The second-order valence-electron chi connectivity index (χ2n) is 7.74. The Hall–Kier alpha value is -3.49. The fourth-order valence-corrected chi connectivity index (χ4v) is 3.21. The van der Waals surface area contributed by atoms with Crippen molar-refractivity contribution in [1.29, 1.82) is 0 Å². The third kappa shape index (κ3) is 3.18. The van der Waals surface area contributed by atoms with Crippen LogP contribution < -0.4 is 15.2 Å². The lowest BCUT2D eigenvalue weighted by Crippen LogP contribution is -2.31. The van der Waals surface area contributed by atoms with Crippen LogP contribution in [-0.4, -0.2) is 43.4 Å². The second-order valence-corrected chi connectivity index (χ2v) is 7.74. The molecule has 0 aliphatic rings. The van der Waals surface area contributed by atoms with Gasteiger partial charge in [-0.3, -0.25) is 4.57 Å². The lowest BCUT2D eigenvalue weighted by molar-refractivity contribution is 0.381. The van der Waals surface area contributed by atoms with Crippen molar-refractivity contribution in [3.63, 3.8) is 0 Å². The Labute approximate surface area is 167 Å². The first-order valence-corrected chi connectivity index (χ1v) is 9.15. The van der Waals surface area contributed by atoms with E-state index in [2.05, 4.69) is 20.2 Å². The predicted molar refractivity (Wildman–Crippen MR) is 108 cm³/mol.